The molecule has 2 N–H and O–H groups in total. The van der Waals surface area contributed by atoms with Crippen molar-refractivity contribution in [2.24, 2.45) is 5.73 Å². The van der Waals surface area contributed by atoms with E-state index in [-0.39, 0.29) is 17.8 Å². The molecule has 2 heterocycles. The molecule has 0 amide bonds. The Morgan fingerprint density at radius 2 is 2.40 bits per heavy atom. The number of aromatic nitrogens is 1. The Bertz CT molecular complexity index is 494. The smallest absolute Gasteiger partial charge is 0.311 e. The number of pyridine rings is 1. The molecule has 0 saturated carbocycles. The zero-order valence-electron chi connectivity index (χ0n) is 11.5. The summed E-state index contributed by atoms with van der Waals surface area (Å²) in [4.78, 5) is 16.7. The molecule has 2 atom stereocenters. The topological polar surface area (TPSA) is 104 Å². The van der Waals surface area contributed by atoms with Crippen LogP contribution in [-0.4, -0.2) is 48.9 Å². The summed E-state index contributed by atoms with van der Waals surface area (Å²) in [6.07, 6.45) is -0.170. The molecule has 0 aromatic carbocycles. The van der Waals surface area contributed by atoms with Crippen LogP contribution in [0, 0.1) is 10.1 Å². The Morgan fingerprint density at radius 3 is 3.00 bits per heavy atom. The Labute approximate surface area is 116 Å². The molecule has 1 saturated heterocycles. The number of nitrogens with zero attached hydrogens (tertiary/aromatic N) is 3. The molecule has 2 rings (SSSR count). The molecular weight excluding hydrogens is 264 g/mol. The number of rotatable bonds is 4. The highest BCUT2D eigenvalue weighted by atomic mass is 16.6. The maximum absolute atomic E-state index is 11.1. The molecule has 0 bridgehead atoms. The number of nitro groups is 1. The summed E-state index contributed by atoms with van der Waals surface area (Å²) in [7, 11) is 1.47. The maximum Gasteiger partial charge on any atom is 0.311 e. The zero-order valence-corrected chi connectivity index (χ0v) is 11.5. The van der Waals surface area contributed by atoms with Gasteiger partial charge in [-0.25, -0.2) is 0 Å². The van der Waals surface area contributed by atoms with Gasteiger partial charge in [0, 0.05) is 31.3 Å². The average molecular weight is 282 g/mol. The lowest BCUT2D eigenvalue weighted by atomic mass is 10.1. The van der Waals surface area contributed by atoms with Gasteiger partial charge in [-0.3, -0.25) is 10.1 Å². The van der Waals surface area contributed by atoms with E-state index < -0.39 is 4.92 Å². The van der Waals surface area contributed by atoms with Crippen molar-refractivity contribution >= 4 is 11.5 Å². The van der Waals surface area contributed by atoms with Crippen LogP contribution >= 0.6 is 0 Å². The molecule has 8 nitrogen and oxygen atoms in total. The van der Waals surface area contributed by atoms with Gasteiger partial charge in [-0.2, -0.15) is 4.98 Å². The molecule has 0 radical (unpaired) electrons. The second-order valence-electron chi connectivity index (χ2n) is 4.67. The van der Waals surface area contributed by atoms with Gasteiger partial charge in [0.25, 0.3) is 0 Å². The fourth-order valence-electron chi connectivity index (χ4n) is 2.10. The summed E-state index contributed by atoms with van der Waals surface area (Å²) < 4.78 is 10.6. The molecule has 0 aliphatic carbocycles. The largest absolute Gasteiger partial charge is 0.481 e. The second-order valence-corrected chi connectivity index (χ2v) is 4.67. The van der Waals surface area contributed by atoms with Gasteiger partial charge in [0.05, 0.1) is 24.7 Å². The van der Waals surface area contributed by atoms with Crippen molar-refractivity contribution in [3.63, 3.8) is 0 Å². The van der Waals surface area contributed by atoms with E-state index in [4.69, 9.17) is 15.2 Å². The third-order valence-electron chi connectivity index (χ3n) is 3.21. The van der Waals surface area contributed by atoms with E-state index >= 15 is 0 Å². The van der Waals surface area contributed by atoms with E-state index in [9.17, 15) is 10.1 Å². The third kappa shape index (κ3) is 2.97. The first-order valence-electron chi connectivity index (χ1n) is 6.34. The quantitative estimate of drug-likeness (QED) is 0.635. The zero-order chi connectivity index (χ0) is 14.7. The van der Waals surface area contributed by atoms with Gasteiger partial charge in [-0.15, -0.1) is 0 Å². The first-order chi connectivity index (χ1) is 9.52. The predicted molar refractivity (Wildman–Crippen MR) is 73.0 cm³/mol. The highest BCUT2D eigenvalue weighted by Gasteiger charge is 2.29. The molecule has 1 fully saturated rings. The molecule has 1 aromatic heterocycles. The van der Waals surface area contributed by atoms with Crippen molar-refractivity contribution in [3.8, 4) is 5.88 Å². The number of ether oxygens (including phenoxy) is 2. The normalized spacial score (nSPS) is 20.6. The minimum atomic E-state index is -0.446. The Kier molecular flexibility index (Phi) is 4.35. The lowest BCUT2D eigenvalue weighted by Crippen LogP contribution is -2.50. The monoisotopic (exact) mass is 282 g/mol. The Balaban J connectivity index is 2.32. The first kappa shape index (κ1) is 14.5. The molecule has 1 aliphatic rings. The van der Waals surface area contributed by atoms with Crippen LogP contribution in [0.25, 0.3) is 0 Å². The van der Waals surface area contributed by atoms with Crippen LogP contribution in [0.1, 0.15) is 6.92 Å². The van der Waals surface area contributed by atoms with Gasteiger partial charge in [0.15, 0.2) is 0 Å². The van der Waals surface area contributed by atoms with E-state index in [0.29, 0.717) is 31.4 Å². The Hall–Kier alpha value is -1.93. The van der Waals surface area contributed by atoms with E-state index in [1.54, 1.807) is 0 Å². The standard InChI is InChI=1S/C12H18N4O4/c1-8(13)10-7-15(5-6-20-10)12-9(16(17)18)3-4-11(14-12)19-2/h3-4,8,10H,5-7,13H2,1-2H3. The molecule has 1 aromatic rings. The van der Waals surface area contributed by atoms with Crippen molar-refractivity contribution in [3.05, 3.63) is 22.2 Å². The van der Waals surface area contributed by atoms with Crippen molar-refractivity contribution < 1.29 is 14.4 Å². The van der Waals surface area contributed by atoms with Crippen LogP contribution in [0.5, 0.6) is 5.88 Å². The second kappa shape index (κ2) is 6.02. The minimum absolute atomic E-state index is 0.0453. The van der Waals surface area contributed by atoms with Crippen molar-refractivity contribution in [2.45, 2.75) is 19.1 Å². The highest BCUT2D eigenvalue weighted by Crippen LogP contribution is 2.29. The minimum Gasteiger partial charge on any atom is -0.481 e. The number of methoxy groups -OCH3 is 1. The number of anilines is 1. The van der Waals surface area contributed by atoms with Gasteiger partial charge >= 0.3 is 5.69 Å². The summed E-state index contributed by atoms with van der Waals surface area (Å²) in [6, 6.07) is 2.73. The van der Waals surface area contributed by atoms with E-state index in [0.717, 1.165) is 0 Å². The summed E-state index contributed by atoms with van der Waals surface area (Å²) in [6.45, 7) is 3.31. The molecule has 0 spiro atoms. The molecule has 8 heteroatoms. The number of hydrogen-bond acceptors (Lipinski definition) is 7. The fraction of sp³-hybridized carbons (Fsp3) is 0.583. The lowest BCUT2D eigenvalue weighted by Gasteiger charge is -2.35. The van der Waals surface area contributed by atoms with Crippen LogP contribution in [0.15, 0.2) is 12.1 Å². The van der Waals surface area contributed by atoms with Crippen molar-refractivity contribution in [1.29, 1.82) is 0 Å². The molecule has 1 aliphatic heterocycles. The van der Waals surface area contributed by atoms with Crippen molar-refractivity contribution in [2.75, 3.05) is 31.7 Å². The summed E-state index contributed by atoms with van der Waals surface area (Å²) in [5, 5.41) is 11.1. The fourth-order valence-corrected chi connectivity index (χ4v) is 2.10. The van der Waals surface area contributed by atoms with Crippen LogP contribution < -0.4 is 15.4 Å². The van der Waals surface area contributed by atoms with Gasteiger partial charge in [-0.1, -0.05) is 0 Å². The van der Waals surface area contributed by atoms with Gasteiger partial charge < -0.3 is 20.1 Å². The number of nitrogens with two attached hydrogens (primary N) is 1. The number of hydrogen-bond donors (Lipinski definition) is 1. The molecule has 110 valence electrons. The molecule has 2 unspecified atom stereocenters. The van der Waals surface area contributed by atoms with E-state index in [1.807, 2.05) is 11.8 Å². The molecule has 20 heavy (non-hydrogen) atoms. The Morgan fingerprint density at radius 1 is 1.65 bits per heavy atom. The van der Waals surface area contributed by atoms with E-state index in [1.165, 1.54) is 19.2 Å². The van der Waals surface area contributed by atoms with Crippen LogP contribution in [-0.2, 0) is 4.74 Å². The van der Waals surface area contributed by atoms with E-state index in [2.05, 4.69) is 4.98 Å². The maximum atomic E-state index is 11.1. The number of morpholine rings is 1. The summed E-state index contributed by atoms with van der Waals surface area (Å²) in [5.41, 5.74) is 5.79. The summed E-state index contributed by atoms with van der Waals surface area (Å²) >= 11 is 0. The van der Waals surface area contributed by atoms with Gasteiger partial charge in [0.1, 0.15) is 0 Å². The highest BCUT2D eigenvalue weighted by molar-refractivity contribution is 5.59. The summed E-state index contributed by atoms with van der Waals surface area (Å²) in [5.74, 6) is 0.637. The van der Waals surface area contributed by atoms with Gasteiger partial charge in [0.2, 0.25) is 11.7 Å². The van der Waals surface area contributed by atoms with Crippen LogP contribution in [0.4, 0.5) is 11.5 Å². The first-order valence-corrected chi connectivity index (χ1v) is 6.34. The lowest BCUT2D eigenvalue weighted by molar-refractivity contribution is -0.384. The van der Waals surface area contributed by atoms with Gasteiger partial charge in [-0.05, 0) is 6.92 Å². The van der Waals surface area contributed by atoms with Crippen LogP contribution in [0.3, 0.4) is 0 Å². The van der Waals surface area contributed by atoms with Crippen LogP contribution in [0.2, 0.25) is 0 Å². The molecular formula is C12H18N4O4. The average Bonchev–Trinajstić information content (AvgIpc) is 2.46. The third-order valence-corrected chi connectivity index (χ3v) is 3.21. The predicted octanol–water partition coefficient (Wildman–Crippen LogP) is 0.551. The SMILES string of the molecule is COc1ccc([N+](=O)[O-])c(N2CCOC(C(C)N)C2)n1. The van der Waals surface area contributed by atoms with Crippen molar-refractivity contribution in [1.82, 2.24) is 4.98 Å².